The van der Waals surface area contributed by atoms with E-state index in [0.29, 0.717) is 0 Å². The van der Waals surface area contributed by atoms with Gasteiger partial charge < -0.3 is 4.74 Å². The first kappa shape index (κ1) is 12.1. The van der Waals surface area contributed by atoms with E-state index in [0.717, 1.165) is 12.2 Å². The van der Waals surface area contributed by atoms with Crippen LogP contribution in [0.1, 0.15) is 16.5 Å². The SMILES string of the molecule is COc1ccc(CC(NN)c2cccs2)cc1. The highest BCUT2D eigenvalue weighted by molar-refractivity contribution is 7.10. The van der Waals surface area contributed by atoms with Gasteiger partial charge >= 0.3 is 0 Å². The maximum atomic E-state index is 5.60. The standard InChI is InChI=1S/C13H16N2OS/c1-16-11-6-4-10(5-7-11)9-12(15-14)13-3-2-8-17-13/h2-8,12,15H,9,14H2,1H3. The van der Waals surface area contributed by atoms with Gasteiger partial charge in [-0.1, -0.05) is 18.2 Å². The second-order valence-corrected chi connectivity index (χ2v) is 4.77. The van der Waals surface area contributed by atoms with Crippen LogP contribution >= 0.6 is 11.3 Å². The van der Waals surface area contributed by atoms with Gasteiger partial charge in [-0.05, 0) is 35.6 Å². The first-order valence-corrected chi connectivity index (χ1v) is 6.34. The van der Waals surface area contributed by atoms with Crippen molar-refractivity contribution >= 4 is 11.3 Å². The summed E-state index contributed by atoms with van der Waals surface area (Å²) in [5.41, 5.74) is 4.10. The summed E-state index contributed by atoms with van der Waals surface area (Å²) >= 11 is 1.72. The van der Waals surface area contributed by atoms with Crippen molar-refractivity contribution in [1.82, 2.24) is 5.43 Å². The fourth-order valence-corrected chi connectivity index (χ4v) is 2.52. The van der Waals surface area contributed by atoms with Crippen LogP contribution in [0.3, 0.4) is 0 Å². The molecule has 0 fully saturated rings. The predicted molar refractivity (Wildman–Crippen MR) is 71.1 cm³/mol. The fraction of sp³-hybridized carbons (Fsp3) is 0.231. The highest BCUT2D eigenvalue weighted by atomic mass is 32.1. The van der Waals surface area contributed by atoms with E-state index < -0.39 is 0 Å². The minimum Gasteiger partial charge on any atom is -0.497 e. The Kier molecular flexibility index (Phi) is 4.14. The smallest absolute Gasteiger partial charge is 0.118 e. The third-order valence-corrected chi connectivity index (χ3v) is 3.67. The lowest BCUT2D eigenvalue weighted by molar-refractivity contribution is 0.414. The summed E-state index contributed by atoms with van der Waals surface area (Å²) in [5, 5.41) is 2.06. The largest absolute Gasteiger partial charge is 0.497 e. The summed E-state index contributed by atoms with van der Waals surface area (Å²) in [6.45, 7) is 0. The third-order valence-electron chi connectivity index (χ3n) is 2.69. The van der Waals surface area contributed by atoms with Gasteiger partial charge in [-0.25, -0.2) is 0 Å². The number of ether oxygens (including phenoxy) is 1. The average molecular weight is 248 g/mol. The zero-order valence-corrected chi connectivity index (χ0v) is 10.5. The second kappa shape index (κ2) is 5.82. The molecule has 0 saturated carbocycles. The molecule has 1 aromatic heterocycles. The zero-order chi connectivity index (χ0) is 12.1. The van der Waals surface area contributed by atoms with E-state index in [1.807, 2.05) is 18.2 Å². The molecule has 1 unspecified atom stereocenters. The van der Waals surface area contributed by atoms with Gasteiger partial charge in [0.25, 0.3) is 0 Å². The second-order valence-electron chi connectivity index (χ2n) is 3.79. The van der Waals surface area contributed by atoms with Gasteiger partial charge in [-0.2, -0.15) is 0 Å². The molecule has 0 amide bonds. The van der Waals surface area contributed by atoms with Gasteiger partial charge in [-0.15, -0.1) is 11.3 Å². The number of rotatable bonds is 5. The van der Waals surface area contributed by atoms with Crippen LogP contribution in [0.4, 0.5) is 0 Å². The van der Waals surface area contributed by atoms with Crippen molar-refractivity contribution < 1.29 is 4.74 Å². The van der Waals surface area contributed by atoms with E-state index in [4.69, 9.17) is 10.6 Å². The Morgan fingerprint density at radius 3 is 2.59 bits per heavy atom. The molecule has 0 aliphatic carbocycles. The molecule has 1 aromatic carbocycles. The molecule has 2 aromatic rings. The quantitative estimate of drug-likeness (QED) is 0.631. The lowest BCUT2D eigenvalue weighted by Crippen LogP contribution is -2.28. The number of benzene rings is 1. The fourth-order valence-electron chi connectivity index (χ4n) is 1.73. The number of methoxy groups -OCH3 is 1. The van der Waals surface area contributed by atoms with Gasteiger partial charge in [0, 0.05) is 4.88 Å². The monoisotopic (exact) mass is 248 g/mol. The summed E-state index contributed by atoms with van der Waals surface area (Å²) in [6, 6.07) is 12.4. The van der Waals surface area contributed by atoms with Crippen LogP contribution in [0.25, 0.3) is 0 Å². The maximum Gasteiger partial charge on any atom is 0.118 e. The van der Waals surface area contributed by atoms with Crippen molar-refractivity contribution in [3.8, 4) is 5.75 Å². The highest BCUT2D eigenvalue weighted by Gasteiger charge is 2.11. The van der Waals surface area contributed by atoms with E-state index in [-0.39, 0.29) is 6.04 Å². The molecule has 17 heavy (non-hydrogen) atoms. The maximum absolute atomic E-state index is 5.60. The summed E-state index contributed by atoms with van der Waals surface area (Å²) < 4.78 is 5.13. The number of hydrogen-bond acceptors (Lipinski definition) is 4. The number of hydrogen-bond donors (Lipinski definition) is 2. The van der Waals surface area contributed by atoms with Crippen LogP contribution in [-0.2, 0) is 6.42 Å². The van der Waals surface area contributed by atoms with Crippen LogP contribution in [0.2, 0.25) is 0 Å². The third kappa shape index (κ3) is 3.06. The Hall–Kier alpha value is -1.36. The molecule has 0 aliphatic rings. The van der Waals surface area contributed by atoms with E-state index in [1.54, 1.807) is 18.4 Å². The Labute approximate surface area is 105 Å². The summed E-state index contributed by atoms with van der Waals surface area (Å²) in [6.07, 6.45) is 0.876. The van der Waals surface area contributed by atoms with Crippen molar-refractivity contribution in [2.24, 2.45) is 5.84 Å². The minimum atomic E-state index is 0.170. The van der Waals surface area contributed by atoms with Crippen molar-refractivity contribution in [2.75, 3.05) is 7.11 Å². The minimum absolute atomic E-state index is 0.170. The number of nitrogens with one attached hydrogen (secondary N) is 1. The molecular formula is C13H16N2OS. The first-order valence-electron chi connectivity index (χ1n) is 5.46. The van der Waals surface area contributed by atoms with Gasteiger partial charge in [0.15, 0.2) is 0 Å². The van der Waals surface area contributed by atoms with Crippen LogP contribution in [-0.4, -0.2) is 7.11 Å². The Bertz CT molecular complexity index is 439. The van der Waals surface area contributed by atoms with Gasteiger partial charge in [0.05, 0.1) is 13.2 Å². The van der Waals surface area contributed by atoms with Crippen molar-refractivity contribution in [3.05, 3.63) is 52.2 Å². The molecule has 0 radical (unpaired) electrons. The topological polar surface area (TPSA) is 47.3 Å². The van der Waals surface area contributed by atoms with E-state index >= 15 is 0 Å². The molecule has 4 heteroatoms. The molecule has 0 saturated heterocycles. The van der Waals surface area contributed by atoms with Crippen LogP contribution in [0, 0.1) is 0 Å². The average Bonchev–Trinajstić information content (AvgIpc) is 2.90. The van der Waals surface area contributed by atoms with Crippen LogP contribution in [0.15, 0.2) is 41.8 Å². The number of thiophene rings is 1. The molecule has 1 atom stereocenters. The highest BCUT2D eigenvalue weighted by Crippen LogP contribution is 2.23. The van der Waals surface area contributed by atoms with Gasteiger partial charge in [0.2, 0.25) is 0 Å². The summed E-state index contributed by atoms with van der Waals surface area (Å²) in [5.74, 6) is 6.48. The first-order chi connectivity index (χ1) is 8.33. The summed E-state index contributed by atoms with van der Waals surface area (Å²) in [4.78, 5) is 1.25. The Balaban J connectivity index is 2.07. The summed E-state index contributed by atoms with van der Waals surface area (Å²) in [7, 11) is 1.67. The van der Waals surface area contributed by atoms with Crippen LogP contribution < -0.4 is 16.0 Å². The molecule has 0 bridgehead atoms. The lowest BCUT2D eigenvalue weighted by atomic mass is 10.1. The van der Waals surface area contributed by atoms with Crippen molar-refractivity contribution in [3.63, 3.8) is 0 Å². The lowest BCUT2D eigenvalue weighted by Gasteiger charge is -2.14. The molecular weight excluding hydrogens is 232 g/mol. The van der Waals surface area contributed by atoms with E-state index in [2.05, 4.69) is 29.0 Å². The van der Waals surface area contributed by atoms with Gasteiger partial charge in [0.1, 0.15) is 5.75 Å². The molecule has 3 nitrogen and oxygen atoms in total. The molecule has 0 spiro atoms. The molecule has 0 aliphatic heterocycles. The molecule has 90 valence electrons. The number of hydrazine groups is 1. The molecule has 3 N–H and O–H groups in total. The Morgan fingerprint density at radius 1 is 1.29 bits per heavy atom. The van der Waals surface area contributed by atoms with Gasteiger partial charge in [-0.3, -0.25) is 11.3 Å². The van der Waals surface area contributed by atoms with Crippen molar-refractivity contribution in [2.45, 2.75) is 12.5 Å². The van der Waals surface area contributed by atoms with Crippen molar-refractivity contribution in [1.29, 1.82) is 0 Å². The predicted octanol–water partition coefficient (Wildman–Crippen LogP) is 2.50. The van der Waals surface area contributed by atoms with Crippen LogP contribution in [0.5, 0.6) is 5.75 Å². The van der Waals surface area contributed by atoms with E-state index in [9.17, 15) is 0 Å². The molecule has 1 heterocycles. The normalized spacial score (nSPS) is 12.4. The molecule has 2 rings (SSSR count). The van der Waals surface area contributed by atoms with E-state index in [1.165, 1.54) is 10.4 Å². The Morgan fingerprint density at radius 2 is 2.06 bits per heavy atom. The zero-order valence-electron chi connectivity index (χ0n) is 9.72. The number of nitrogens with two attached hydrogens (primary N) is 1.